The van der Waals surface area contributed by atoms with Gasteiger partial charge >= 0.3 is 0 Å². The molecule has 1 aliphatic heterocycles. The maximum atomic E-state index is 13.5. The summed E-state index contributed by atoms with van der Waals surface area (Å²) in [5.74, 6) is -2.26. The second-order valence-corrected chi connectivity index (χ2v) is 9.16. The lowest BCUT2D eigenvalue weighted by Gasteiger charge is -2.33. The molecule has 0 N–H and O–H groups in total. The summed E-state index contributed by atoms with van der Waals surface area (Å²) in [4.78, 5) is 1.79. The summed E-state index contributed by atoms with van der Waals surface area (Å²) >= 11 is 5.51. The molecule has 7 nitrogen and oxygen atoms in total. The number of rotatable bonds is 5. The largest absolute Gasteiger partial charge is 0.282 e. The number of sulfonamides is 1. The van der Waals surface area contributed by atoms with Gasteiger partial charge in [0.25, 0.3) is 0 Å². The van der Waals surface area contributed by atoms with E-state index in [1.54, 1.807) is 15.6 Å². The summed E-state index contributed by atoms with van der Waals surface area (Å²) in [5.41, 5.74) is 0.913. The van der Waals surface area contributed by atoms with Crippen LogP contribution in [0.1, 0.15) is 0 Å². The molecule has 30 heavy (non-hydrogen) atoms. The monoisotopic (exact) mass is 451 g/mol. The van der Waals surface area contributed by atoms with Crippen molar-refractivity contribution in [3.8, 4) is 5.69 Å². The predicted molar refractivity (Wildman–Crippen MR) is 109 cm³/mol. The molecule has 1 saturated heterocycles. The van der Waals surface area contributed by atoms with E-state index in [-0.39, 0.29) is 18.0 Å². The number of hydrogen-bond donors (Lipinski definition) is 0. The molecule has 1 fully saturated rings. The van der Waals surface area contributed by atoms with E-state index in [2.05, 4.69) is 5.10 Å². The molecular formula is C19H19F2N5O2S2. The van der Waals surface area contributed by atoms with Crippen LogP contribution in [0.15, 0.2) is 59.8 Å². The Morgan fingerprint density at radius 3 is 2.33 bits per heavy atom. The minimum atomic E-state index is -3.88. The molecule has 0 radical (unpaired) electrons. The van der Waals surface area contributed by atoms with E-state index in [9.17, 15) is 17.2 Å². The zero-order chi connectivity index (χ0) is 21.3. The number of benzene rings is 2. The molecule has 0 amide bonds. The Kier molecular flexibility index (Phi) is 5.78. The van der Waals surface area contributed by atoms with E-state index in [1.807, 2.05) is 35.2 Å². The van der Waals surface area contributed by atoms with Crippen LogP contribution >= 0.6 is 12.2 Å². The second kappa shape index (κ2) is 8.34. The van der Waals surface area contributed by atoms with Crippen LogP contribution in [-0.4, -0.2) is 58.1 Å². The van der Waals surface area contributed by atoms with Crippen molar-refractivity contribution in [2.45, 2.75) is 11.6 Å². The summed E-state index contributed by atoms with van der Waals surface area (Å²) in [7, 11) is -3.88. The van der Waals surface area contributed by atoms with Crippen LogP contribution in [0, 0.1) is 16.4 Å². The van der Waals surface area contributed by atoms with Crippen molar-refractivity contribution in [2.24, 2.45) is 0 Å². The van der Waals surface area contributed by atoms with Crippen LogP contribution < -0.4 is 0 Å². The van der Waals surface area contributed by atoms with Crippen LogP contribution in [0.2, 0.25) is 0 Å². The normalized spacial score (nSPS) is 16.1. The van der Waals surface area contributed by atoms with Crippen molar-refractivity contribution in [2.75, 3.05) is 26.2 Å². The Hall–Kier alpha value is -2.47. The third kappa shape index (κ3) is 4.06. The Bertz CT molecular complexity index is 1200. The molecule has 4 rings (SSSR count). The van der Waals surface area contributed by atoms with Gasteiger partial charge in [0.15, 0.2) is 11.6 Å². The van der Waals surface area contributed by atoms with Crippen molar-refractivity contribution in [3.05, 3.63) is 71.3 Å². The topological polar surface area (TPSA) is 63.4 Å². The van der Waals surface area contributed by atoms with Gasteiger partial charge in [0.05, 0.1) is 11.6 Å². The molecule has 0 unspecified atom stereocenters. The second-order valence-electron chi connectivity index (χ2n) is 6.86. The summed E-state index contributed by atoms with van der Waals surface area (Å²) in [6.07, 6.45) is 1.65. The molecule has 11 heteroatoms. The highest BCUT2D eigenvalue weighted by Crippen LogP contribution is 2.20. The van der Waals surface area contributed by atoms with Crippen LogP contribution in [-0.2, 0) is 16.7 Å². The summed E-state index contributed by atoms with van der Waals surface area (Å²) in [6.45, 7) is 1.81. The molecule has 0 aliphatic carbocycles. The van der Waals surface area contributed by atoms with Crippen LogP contribution in [0.3, 0.4) is 0 Å². The molecule has 3 aromatic rings. The SMILES string of the molecule is O=S(=O)(c1ccc(F)c(F)c1)N1CCN(Cn2ncn(-c3ccccc3)c2=S)CC1. The van der Waals surface area contributed by atoms with E-state index in [1.165, 1.54) is 4.31 Å². The Morgan fingerprint density at radius 1 is 0.967 bits per heavy atom. The molecular weight excluding hydrogens is 432 g/mol. The number of para-hydroxylation sites is 1. The third-order valence-electron chi connectivity index (χ3n) is 4.96. The molecule has 0 saturated carbocycles. The number of nitrogens with zero attached hydrogens (tertiary/aromatic N) is 5. The quantitative estimate of drug-likeness (QED) is 0.558. The summed E-state index contributed by atoms with van der Waals surface area (Å²) < 4.78 is 57.3. The fraction of sp³-hybridized carbons (Fsp3) is 0.263. The molecule has 0 spiro atoms. The van der Waals surface area contributed by atoms with E-state index in [0.29, 0.717) is 30.6 Å². The highest BCUT2D eigenvalue weighted by molar-refractivity contribution is 7.89. The van der Waals surface area contributed by atoms with Crippen LogP contribution in [0.5, 0.6) is 0 Å². The lowest BCUT2D eigenvalue weighted by molar-refractivity contribution is 0.144. The van der Waals surface area contributed by atoms with Gasteiger partial charge in [-0.3, -0.25) is 9.47 Å². The maximum absolute atomic E-state index is 13.5. The fourth-order valence-electron chi connectivity index (χ4n) is 3.29. The molecule has 2 aromatic carbocycles. The van der Waals surface area contributed by atoms with Crippen molar-refractivity contribution < 1.29 is 17.2 Å². The maximum Gasteiger partial charge on any atom is 0.243 e. The predicted octanol–water partition coefficient (Wildman–Crippen LogP) is 2.65. The van der Waals surface area contributed by atoms with Crippen molar-refractivity contribution in [1.82, 2.24) is 23.6 Å². The average molecular weight is 452 g/mol. The van der Waals surface area contributed by atoms with Gasteiger partial charge < -0.3 is 0 Å². The van der Waals surface area contributed by atoms with Gasteiger partial charge in [-0.05, 0) is 42.5 Å². The lowest BCUT2D eigenvalue weighted by atomic mass is 10.3. The minimum Gasteiger partial charge on any atom is -0.282 e. The van der Waals surface area contributed by atoms with Gasteiger partial charge in [-0.1, -0.05) is 18.2 Å². The Morgan fingerprint density at radius 2 is 1.67 bits per heavy atom. The number of halogens is 2. The first-order valence-electron chi connectivity index (χ1n) is 9.24. The Labute approximate surface area is 177 Å². The summed E-state index contributed by atoms with van der Waals surface area (Å²) in [5, 5.41) is 4.34. The standard InChI is InChI=1S/C19H19F2N5O2S2/c20-17-7-6-16(12-18(17)21)30(27,28)24-10-8-23(9-11-24)14-26-19(29)25(13-22-26)15-4-2-1-3-5-15/h1-7,12-13H,8-11,14H2. The van der Waals surface area contributed by atoms with E-state index >= 15 is 0 Å². The first-order valence-corrected chi connectivity index (χ1v) is 11.1. The third-order valence-corrected chi connectivity index (χ3v) is 7.26. The molecule has 2 heterocycles. The molecule has 0 bridgehead atoms. The van der Waals surface area contributed by atoms with Gasteiger partial charge in [0.1, 0.15) is 6.33 Å². The zero-order valence-corrected chi connectivity index (χ0v) is 17.5. The zero-order valence-electron chi connectivity index (χ0n) is 15.9. The van der Waals surface area contributed by atoms with E-state index < -0.39 is 21.7 Å². The number of piperazine rings is 1. The molecule has 0 atom stereocenters. The van der Waals surface area contributed by atoms with Gasteiger partial charge in [-0.25, -0.2) is 21.9 Å². The van der Waals surface area contributed by atoms with Gasteiger partial charge in [-0.2, -0.15) is 9.40 Å². The van der Waals surface area contributed by atoms with Crippen molar-refractivity contribution >= 4 is 22.2 Å². The van der Waals surface area contributed by atoms with Gasteiger partial charge in [0, 0.05) is 31.9 Å². The van der Waals surface area contributed by atoms with Crippen molar-refractivity contribution in [3.63, 3.8) is 0 Å². The fourth-order valence-corrected chi connectivity index (χ4v) is 4.98. The summed E-state index contributed by atoms with van der Waals surface area (Å²) in [6, 6.07) is 12.2. The van der Waals surface area contributed by atoms with Crippen molar-refractivity contribution in [1.29, 1.82) is 0 Å². The molecule has 1 aliphatic rings. The first kappa shape index (κ1) is 20.8. The highest BCUT2D eigenvalue weighted by Gasteiger charge is 2.29. The van der Waals surface area contributed by atoms with Crippen LogP contribution in [0.4, 0.5) is 8.78 Å². The van der Waals surface area contributed by atoms with E-state index in [0.717, 1.165) is 17.8 Å². The molecule has 158 valence electrons. The highest BCUT2D eigenvalue weighted by atomic mass is 32.2. The Balaban J connectivity index is 1.42. The first-order chi connectivity index (χ1) is 14.4. The number of hydrogen-bond acceptors (Lipinski definition) is 5. The average Bonchev–Trinajstić information content (AvgIpc) is 3.11. The minimum absolute atomic E-state index is 0.230. The lowest BCUT2D eigenvalue weighted by Crippen LogP contribution is -2.48. The number of aromatic nitrogens is 3. The van der Waals surface area contributed by atoms with Gasteiger partial charge in [0.2, 0.25) is 14.8 Å². The smallest absolute Gasteiger partial charge is 0.243 e. The van der Waals surface area contributed by atoms with Gasteiger partial charge in [-0.15, -0.1) is 0 Å². The van der Waals surface area contributed by atoms with Crippen LogP contribution in [0.25, 0.3) is 5.69 Å². The molecule has 1 aromatic heterocycles. The van der Waals surface area contributed by atoms with E-state index in [4.69, 9.17) is 12.2 Å².